The Morgan fingerprint density at radius 1 is 1.20 bits per heavy atom. The summed E-state index contributed by atoms with van der Waals surface area (Å²) in [5, 5.41) is 5.34. The molecule has 2 rings (SSSR count). The summed E-state index contributed by atoms with van der Waals surface area (Å²) in [6.45, 7) is 2.08. The lowest BCUT2D eigenvalue weighted by atomic mass is 10.1. The van der Waals surface area contributed by atoms with Gasteiger partial charge in [0, 0.05) is 11.8 Å². The van der Waals surface area contributed by atoms with E-state index in [-0.39, 0.29) is 6.03 Å². The molecule has 6 heteroatoms. The molecular weight excluding hydrogens is 256 g/mol. The fourth-order valence-electron chi connectivity index (χ4n) is 1.62. The minimum atomic E-state index is -0.366. The van der Waals surface area contributed by atoms with Gasteiger partial charge in [0.2, 0.25) is 5.88 Å². The van der Waals surface area contributed by atoms with Crippen LogP contribution in [0, 0.1) is 0 Å². The van der Waals surface area contributed by atoms with E-state index >= 15 is 0 Å². The maximum absolute atomic E-state index is 11.8. The molecule has 104 valence electrons. The number of anilines is 2. The Hall–Kier alpha value is -2.63. The number of carbonyl (C=O) groups is 1. The molecule has 1 aromatic carbocycles. The number of methoxy groups -OCH3 is 1. The molecule has 0 aliphatic carbocycles. The van der Waals surface area contributed by atoms with Crippen LogP contribution in [0.1, 0.15) is 12.5 Å². The number of hydrogen-bond acceptors (Lipinski definition) is 4. The largest absolute Gasteiger partial charge is 0.481 e. The molecule has 0 spiro atoms. The van der Waals surface area contributed by atoms with Crippen molar-refractivity contribution in [3.8, 4) is 5.88 Å². The quantitative estimate of drug-likeness (QED) is 0.897. The molecule has 1 aromatic heterocycles. The van der Waals surface area contributed by atoms with Crippen molar-refractivity contribution in [3.05, 3.63) is 42.2 Å². The lowest BCUT2D eigenvalue weighted by molar-refractivity contribution is 0.262. The van der Waals surface area contributed by atoms with Gasteiger partial charge in [0.1, 0.15) is 12.1 Å². The van der Waals surface area contributed by atoms with Gasteiger partial charge < -0.3 is 10.1 Å². The highest BCUT2D eigenvalue weighted by atomic mass is 16.5. The van der Waals surface area contributed by atoms with Gasteiger partial charge in [-0.3, -0.25) is 5.32 Å². The molecule has 0 atom stereocenters. The van der Waals surface area contributed by atoms with E-state index in [9.17, 15) is 4.79 Å². The minimum absolute atomic E-state index is 0.366. The third-order valence-electron chi connectivity index (χ3n) is 2.71. The molecule has 0 radical (unpaired) electrons. The van der Waals surface area contributed by atoms with Crippen LogP contribution in [0.5, 0.6) is 5.88 Å². The highest BCUT2D eigenvalue weighted by Crippen LogP contribution is 2.12. The van der Waals surface area contributed by atoms with E-state index in [4.69, 9.17) is 4.74 Å². The van der Waals surface area contributed by atoms with Crippen molar-refractivity contribution in [2.45, 2.75) is 13.3 Å². The van der Waals surface area contributed by atoms with Crippen LogP contribution in [0.4, 0.5) is 16.3 Å². The topological polar surface area (TPSA) is 76.1 Å². The first kappa shape index (κ1) is 13.8. The zero-order valence-electron chi connectivity index (χ0n) is 11.4. The van der Waals surface area contributed by atoms with Gasteiger partial charge in [-0.25, -0.2) is 14.8 Å². The van der Waals surface area contributed by atoms with Crippen LogP contribution in [0.3, 0.4) is 0 Å². The lowest BCUT2D eigenvalue weighted by Gasteiger charge is -2.08. The van der Waals surface area contributed by atoms with E-state index in [2.05, 4.69) is 27.5 Å². The zero-order valence-corrected chi connectivity index (χ0v) is 11.4. The Kier molecular flexibility index (Phi) is 4.49. The predicted molar refractivity (Wildman–Crippen MR) is 77.0 cm³/mol. The lowest BCUT2D eigenvalue weighted by Crippen LogP contribution is -2.20. The Morgan fingerprint density at radius 3 is 2.60 bits per heavy atom. The molecule has 20 heavy (non-hydrogen) atoms. The zero-order chi connectivity index (χ0) is 14.4. The van der Waals surface area contributed by atoms with Crippen LogP contribution < -0.4 is 15.4 Å². The summed E-state index contributed by atoms with van der Waals surface area (Å²) >= 11 is 0. The first-order chi connectivity index (χ1) is 9.71. The van der Waals surface area contributed by atoms with Gasteiger partial charge in [-0.1, -0.05) is 19.1 Å². The van der Waals surface area contributed by atoms with Crippen LogP contribution >= 0.6 is 0 Å². The van der Waals surface area contributed by atoms with E-state index < -0.39 is 0 Å². The summed E-state index contributed by atoms with van der Waals surface area (Å²) in [6, 6.07) is 8.85. The van der Waals surface area contributed by atoms with Crippen LogP contribution in [-0.4, -0.2) is 23.1 Å². The molecule has 2 N–H and O–H groups in total. The Labute approximate surface area is 117 Å². The summed E-state index contributed by atoms with van der Waals surface area (Å²) in [6.07, 6.45) is 2.29. The summed E-state index contributed by atoms with van der Waals surface area (Å²) < 4.78 is 4.96. The number of nitrogens with zero attached hydrogens (tertiary/aromatic N) is 2. The van der Waals surface area contributed by atoms with Crippen molar-refractivity contribution in [2.75, 3.05) is 17.7 Å². The molecule has 1 heterocycles. The van der Waals surface area contributed by atoms with Gasteiger partial charge in [-0.05, 0) is 24.1 Å². The molecule has 6 nitrogen and oxygen atoms in total. The maximum Gasteiger partial charge on any atom is 0.324 e. The van der Waals surface area contributed by atoms with Crippen LogP contribution in [-0.2, 0) is 6.42 Å². The van der Waals surface area contributed by atoms with Crippen LogP contribution in [0.15, 0.2) is 36.7 Å². The second-order valence-electron chi connectivity index (χ2n) is 4.08. The SMILES string of the molecule is CCc1ccc(NC(=O)Nc2cc(OC)ncn2)cc1. The first-order valence-electron chi connectivity index (χ1n) is 6.24. The second-order valence-corrected chi connectivity index (χ2v) is 4.08. The number of urea groups is 1. The standard InChI is InChI=1S/C14H16N4O2/c1-3-10-4-6-11(7-5-10)17-14(19)18-12-8-13(20-2)16-9-15-12/h4-9H,3H2,1-2H3,(H2,15,16,17,18,19). The van der Waals surface area contributed by atoms with Crippen molar-refractivity contribution in [3.63, 3.8) is 0 Å². The minimum Gasteiger partial charge on any atom is -0.481 e. The Morgan fingerprint density at radius 2 is 1.95 bits per heavy atom. The third-order valence-corrected chi connectivity index (χ3v) is 2.71. The van der Waals surface area contributed by atoms with Crippen molar-refractivity contribution < 1.29 is 9.53 Å². The van der Waals surface area contributed by atoms with Gasteiger partial charge in [-0.2, -0.15) is 0 Å². The van der Waals surface area contributed by atoms with Crippen molar-refractivity contribution >= 4 is 17.5 Å². The molecule has 0 unspecified atom stereocenters. The maximum atomic E-state index is 11.8. The molecule has 0 saturated carbocycles. The molecule has 0 saturated heterocycles. The predicted octanol–water partition coefficient (Wildman–Crippen LogP) is 2.69. The van der Waals surface area contributed by atoms with E-state index in [0.29, 0.717) is 11.7 Å². The average molecular weight is 272 g/mol. The molecule has 2 amide bonds. The van der Waals surface area contributed by atoms with Crippen molar-refractivity contribution in [1.29, 1.82) is 0 Å². The fraction of sp³-hybridized carbons (Fsp3) is 0.214. The van der Waals surface area contributed by atoms with E-state index in [1.807, 2.05) is 24.3 Å². The number of benzene rings is 1. The summed E-state index contributed by atoms with van der Waals surface area (Å²) in [7, 11) is 1.50. The monoisotopic (exact) mass is 272 g/mol. The smallest absolute Gasteiger partial charge is 0.324 e. The van der Waals surface area contributed by atoms with E-state index in [1.54, 1.807) is 6.07 Å². The Bertz CT molecular complexity index is 584. The number of carbonyl (C=O) groups excluding carboxylic acids is 1. The van der Waals surface area contributed by atoms with Crippen molar-refractivity contribution in [2.24, 2.45) is 0 Å². The fourth-order valence-corrected chi connectivity index (χ4v) is 1.62. The van der Waals surface area contributed by atoms with Crippen molar-refractivity contribution in [1.82, 2.24) is 9.97 Å². The number of rotatable bonds is 4. The Balaban J connectivity index is 1.97. The van der Waals surface area contributed by atoms with Gasteiger partial charge in [0.25, 0.3) is 0 Å². The summed E-state index contributed by atoms with van der Waals surface area (Å²) in [4.78, 5) is 19.6. The van der Waals surface area contributed by atoms with E-state index in [1.165, 1.54) is 19.0 Å². The highest BCUT2D eigenvalue weighted by molar-refractivity contribution is 5.99. The van der Waals surface area contributed by atoms with E-state index in [0.717, 1.165) is 12.1 Å². The number of aromatic nitrogens is 2. The average Bonchev–Trinajstić information content (AvgIpc) is 2.48. The molecule has 0 bridgehead atoms. The highest BCUT2D eigenvalue weighted by Gasteiger charge is 2.05. The van der Waals surface area contributed by atoms with Gasteiger partial charge in [-0.15, -0.1) is 0 Å². The number of aryl methyl sites for hydroxylation is 1. The van der Waals surface area contributed by atoms with Gasteiger partial charge in [0.15, 0.2) is 0 Å². The molecule has 0 aliphatic rings. The number of nitrogens with one attached hydrogen (secondary N) is 2. The van der Waals surface area contributed by atoms with Crippen LogP contribution in [0.25, 0.3) is 0 Å². The number of hydrogen-bond donors (Lipinski definition) is 2. The summed E-state index contributed by atoms with van der Waals surface area (Å²) in [5.74, 6) is 0.766. The normalized spacial score (nSPS) is 9.90. The third kappa shape index (κ3) is 3.68. The molecule has 2 aromatic rings. The first-order valence-corrected chi connectivity index (χ1v) is 6.24. The van der Waals surface area contributed by atoms with Gasteiger partial charge in [0.05, 0.1) is 7.11 Å². The second kappa shape index (κ2) is 6.51. The molecular formula is C14H16N4O2. The number of amides is 2. The summed E-state index contributed by atoms with van der Waals surface area (Å²) in [5.41, 5.74) is 1.94. The van der Waals surface area contributed by atoms with Crippen LogP contribution in [0.2, 0.25) is 0 Å². The molecule has 0 aliphatic heterocycles. The van der Waals surface area contributed by atoms with Gasteiger partial charge >= 0.3 is 6.03 Å². The number of ether oxygens (including phenoxy) is 1. The molecule has 0 fully saturated rings.